The molecule has 0 aliphatic heterocycles. The molecule has 10 heteroatoms. The van der Waals surface area contributed by atoms with E-state index in [0.29, 0.717) is 11.3 Å². The molecule has 0 spiro atoms. The van der Waals surface area contributed by atoms with Crippen LogP contribution in [0.5, 0.6) is 5.75 Å². The zero-order chi connectivity index (χ0) is 20.0. The molecule has 1 N–H and O–H groups in total. The Balaban J connectivity index is 1.82. The van der Waals surface area contributed by atoms with Gasteiger partial charge < -0.3 is 19.2 Å². The van der Waals surface area contributed by atoms with Crippen molar-refractivity contribution in [1.29, 1.82) is 0 Å². The third-order valence-corrected chi connectivity index (χ3v) is 5.18. The van der Waals surface area contributed by atoms with Crippen LogP contribution in [0, 0.1) is 0 Å². The zero-order valence-corrected chi connectivity index (χ0v) is 15.9. The molecule has 0 fully saturated rings. The lowest BCUT2D eigenvalue weighted by atomic mass is 10.2. The molecule has 2 rings (SSSR count). The highest BCUT2D eigenvalue weighted by molar-refractivity contribution is 7.88. The number of hydrogen-bond acceptors (Lipinski definition) is 7. The van der Waals surface area contributed by atoms with Crippen LogP contribution >= 0.6 is 0 Å². The Kier molecular flexibility index (Phi) is 6.59. The normalized spacial score (nSPS) is 11.3. The van der Waals surface area contributed by atoms with Crippen LogP contribution in [0.1, 0.15) is 16.1 Å². The van der Waals surface area contributed by atoms with Gasteiger partial charge in [-0.15, -0.1) is 0 Å². The Morgan fingerprint density at radius 2 is 1.78 bits per heavy atom. The highest BCUT2D eigenvalue weighted by atomic mass is 32.2. The van der Waals surface area contributed by atoms with E-state index in [1.807, 2.05) is 0 Å². The van der Waals surface area contributed by atoms with Crippen molar-refractivity contribution in [2.45, 2.75) is 11.7 Å². The predicted octanol–water partition coefficient (Wildman–Crippen LogP) is 1.01. The summed E-state index contributed by atoms with van der Waals surface area (Å²) >= 11 is 0. The standard InChI is InChI=1S/C17H20N2O7S/c1-19(2)27(22,23)16-9-8-14(26-16)11-25-15(20)10-18-17(21)12-4-6-13(24-3)7-5-12/h4-9H,10-11H2,1-3H3,(H,18,21). The molecule has 1 aromatic heterocycles. The quantitative estimate of drug-likeness (QED) is 0.662. The molecular weight excluding hydrogens is 376 g/mol. The summed E-state index contributed by atoms with van der Waals surface area (Å²) < 4.78 is 40.0. The summed E-state index contributed by atoms with van der Waals surface area (Å²) in [5, 5.41) is 2.19. The van der Waals surface area contributed by atoms with Gasteiger partial charge in [0.1, 0.15) is 24.7 Å². The van der Waals surface area contributed by atoms with Gasteiger partial charge in [-0.1, -0.05) is 0 Å². The molecule has 1 aromatic carbocycles. The average Bonchev–Trinajstić information content (AvgIpc) is 3.14. The van der Waals surface area contributed by atoms with Crippen molar-refractivity contribution in [3.05, 3.63) is 47.7 Å². The highest BCUT2D eigenvalue weighted by Gasteiger charge is 2.21. The van der Waals surface area contributed by atoms with Gasteiger partial charge in [0.05, 0.1) is 7.11 Å². The van der Waals surface area contributed by atoms with E-state index in [1.165, 1.54) is 33.3 Å². The molecule has 0 atom stereocenters. The SMILES string of the molecule is COc1ccc(C(=O)NCC(=O)OCc2ccc(S(=O)(=O)N(C)C)o2)cc1. The maximum atomic E-state index is 12.0. The summed E-state index contributed by atoms with van der Waals surface area (Å²) in [6.45, 7) is -0.589. The summed E-state index contributed by atoms with van der Waals surface area (Å²) in [4.78, 5) is 23.7. The van der Waals surface area contributed by atoms with E-state index in [-0.39, 0.29) is 24.0 Å². The minimum atomic E-state index is -3.69. The van der Waals surface area contributed by atoms with Crippen molar-refractivity contribution >= 4 is 21.9 Å². The van der Waals surface area contributed by atoms with E-state index in [4.69, 9.17) is 13.9 Å². The molecule has 9 nitrogen and oxygen atoms in total. The van der Waals surface area contributed by atoms with Crippen molar-refractivity contribution in [3.8, 4) is 5.75 Å². The third-order valence-electron chi connectivity index (χ3n) is 3.49. The van der Waals surface area contributed by atoms with E-state index in [2.05, 4.69) is 5.32 Å². The monoisotopic (exact) mass is 396 g/mol. The second-order valence-electron chi connectivity index (χ2n) is 5.58. The molecule has 0 unspecified atom stereocenters. The number of sulfonamides is 1. The Morgan fingerprint density at radius 1 is 1.11 bits per heavy atom. The van der Waals surface area contributed by atoms with Crippen molar-refractivity contribution < 1.29 is 31.9 Å². The Labute approximate surface area is 156 Å². The van der Waals surface area contributed by atoms with Gasteiger partial charge in [0.15, 0.2) is 0 Å². The van der Waals surface area contributed by atoms with E-state index < -0.39 is 21.9 Å². The van der Waals surface area contributed by atoms with Gasteiger partial charge in [0.2, 0.25) is 5.09 Å². The van der Waals surface area contributed by atoms with Crippen LogP contribution in [0.4, 0.5) is 0 Å². The number of esters is 1. The van der Waals surface area contributed by atoms with E-state index in [0.717, 1.165) is 4.31 Å². The van der Waals surface area contributed by atoms with Gasteiger partial charge in [-0.3, -0.25) is 9.59 Å². The number of ether oxygens (including phenoxy) is 2. The molecule has 0 saturated carbocycles. The lowest BCUT2D eigenvalue weighted by Crippen LogP contribution is -2.30. The van der Waals surface area contributed by atoms with Gasteiger partial charge in [-0.25, -0.2) is 12.7 Å². The number of nitrogens with one attached hydrogen (secondary N) is 1. The summed E-state index contributed by atoms with van der Waals surface area (Å²) in [7, 11) is 0.581. The number of hydrogen-bond donors (Lipinski definition) is 1. The summed E-state index contributed by atoms with van der Waals surface area (Å²) in [6.07, 6.45) is 0. The van der Waals surface area contributed by atoms with E-state index >= 15 is 0 Å². The van der Waals surface area contributed by atoms with Crippen LogP contribution in [0.15, 0.2) is 45.9 Å². The second-order valence-corrected chi connectivity index (χ2v) is 7.66. The van der Waals surface area contributed by atoms with Crippen LogP contribution in [0.25, 0.3) is 0 Å². The maximum absolute atomic E-state index is 12.0. The molecule has 0 radical (unpaired) electrons. The number of carbonyl (C=O) groups is 2. The number of amides is 1. The van der Waals surface area contributed by atoms with Crippen LogP contribution in [0.2, 0.25) is 0 Å². The summed E-state index contributed by atoms with van der Waals surface area (Å²) in [5.41, 5.74) is 0.369. The van der Waals surface area contributed by atoms with Crippen molar-refractivity contribution in [1.82, 2.24) is 9.62 Å². The fourth-order valence-electron chi connectivity index (χ4n) is 1.95. The molecule has 1 amide bonds. The van der Waals surface area contributed by atoms with Crippen molar-refractivity contribution in [2.75, 3.05) is 27.7 Å². The van der Waals surface area contributed by atoms with Gasteiger partial charge in [0.25, 0.3) is 15.9 Å². The first-order valence-electron chi connectivity index (χ1n) is 7.83. The van der Waals surface area contributed by atoms with Gasteiger partial charge in [-0.05, 0) is 36.4 Å². The number of methoxy groups -OCH3 is 1. The lowest BCUT2D eigenvalue weighted by molar-refractivity contribution is -0.144. The van der Waals surface area contributed by atoms with Crippen LogP contribution < -0.4 is 10.1 Å². The number of carbonyl (C=O) groups excluding carboxylic acids is 2. The third kappa shape index (κ3) is 5.31. The van der Waals surface area contributed by atoms with Gasteiger partial charge >= 0.3 is 5.97 Å². The Morgan fingerprint density at radius 3 is 2.37 bits per heavy atom. The van der Waals surface area contributed by atoms with E-state index in [1.54, 1.807) is 24.3 Å². The van der Waals surface area contributed by atoms with Crippen LogP contribution in [-0.2, 0) is 26.2 Å². The number of benzene rings is 1. The van der Waals surface area contributed by atoms with Crippen LogP contribution in [0.3, 0.4) is 0 Å². The highest BCUT2D eigenvalue weighted by Crippen LogP contribution is 2.17. The van der Waals surface area contributed by atoms with Crippen LogP contribution in [-0.4, -0.2) is 52.3 Å². The van der Waals surface area contributed by atoms with Gasteiger partial charge in [-0.2, -0.15) is 0 Å². The Bertz CT molecular complexity index is 902. The molecule has 27 heavy (non-hydrogen) atoms. The maximum Gasteiger partial charge on any atom is 0.325 e. The van der Waals surface area contributed by atoms with Gasteiger partial charge in [0, 0.05) is 19.7 Å². The molecule has 1 heterocycles. The average molecular weight is 396 g/mol. The first-order valence-corrected chi connectivity index (χ1v) is 9.27. The fraction of sp³-hybridized carbons (Fsp3) is 0.294. The predicted molar refractivity (Wildman–Crippen MR) is 94.7 cm³/mol. The van der Waals surface area contributed by atoms with Crippen molar-refractivity contribution in [2.24, 2.45) is 0 Å². The minimum Gasteiger partial charge on any atom is -0.497 e. The molecule has 0 aliphatic rings. The number of furan rings is 1. The second kappa shape index (κ2) is 8.69. The topological polar surface area (TPSA) is 115 Å². The smallest absolute Gasteiger partial charge is 0.325 e. The first kappa shape index (κ1) is 20.5. The largest absolute Gasteiger partial charge is 0.497 e. The fourth-order valence-corrected chi connectivity index (χ4v) is 2.77. The molecule has 146 valence electrons. The summed E-state index contributed by atoms with van der Waals surface area (Å²) in [5.74, 6) is -0.345. The Hall–Kier alpha value is -2.85. The number of nitrogens with zero attached hydrogens (tertiary/aromatic N) is 1. The van der Waals surface area contributed by atoms with Crippen molar-refractivity contribution in [3.63, 3.8) is 0 Å². The molecule has 0 aliphatic carbocycles. The van der Waals surface area contributed by atoms with E-state index in [9.17, 15) is 18.0 Å². The lowest BCUT2D eigenvalue weighted by Gasteiger charge is -2.08. The zero-order valence-electron chi connectivity index (χ0n) is 15.1. The molecule has 0 saturated heterocycles. The molecular formula is C17H20N2O7S. The minimum absolute atomic E-state index is 0.172. The number of rotatable bonds is 8. The molecule has 0 bridgehead atoms. The summed E-state index contributed by atoms with van der Waals surface area (Å²) in [6, 6.07) is 9.07. The first-order chi connectivity index (χ1) is 12.7. The molecule has 2 aromatic rings.